The van der Waals surface area contributed by atoms with Gasteiger partial charge in [0.05, 0.1) is 5.69 Å². The Morgan fingerprint density at radius 2 is 2.00 bits per heavy atom. The molecule has 0 fully saturated rings. The summed E-state index contributed by atoms with van der Waals surface area (Å²) in [6, 6.07) is 1.72. The molecule has 0 saturated carbocycles. The lowest BCUT2D eigenvalue weighted by atomic mass is 10.3. The molecule has 86 valence electrons. The molecule has 0 aromatic heterocycles. The van der Waals surface area contributed by atoms with Crippen molar-refractivity contribution >= 4 is 17.7 Å². The third-order valence-corrected chi connectivity index (χ3v) is 1.58. The van der Waals surface area contributed by atoms with Gasteiger partial charge in [-0.15, -0.1) is 0 Å². The largest absolute Gasteiger partial charge is 0.480 e. The summed E-state index contributed by atoms with van der Waals surface area (Å²) >= 11 is 0. The highest BCUT2D eigenvalue weighted by Gasteiger charge is 2.08. The van der Waals surface area contributed by atoms with Crippen LogP contribution in [0, 0.1) is 11.6 Å². The predicted octanol–water partition coefficient (Wildman–Crippen LogP) is 1.17. The number of halogens is 2. The smallest absolute Gasteiger partial charge is 0.323 e. The molecule has 16 heavy (non-hydrogen) atoms. The number of nitrogens with one attached hydrogen (secondary N) is 2. The summed E-state index contributed by atoms with van der Waals surface area (Å²) in [4.78, 5) is 21.1. The topological polar surface area (TPSA) is 78.4 Å². The van der Waals surface area contributed by atoms with Crippen molar-refractivity contribution in [2.75, 3.05) is 11.9 Å². The van der Waals surface area contributed by atoms with Gasteiger partial charge in [-0.1, -0.05) is 0 Å². The van der Waals surface area contributed by atoms with E-state index in [0.717, 1.165) is 12.1 Å². The number of amides is 2. The summed E-state index contributed by atoms with van der Waals surface area (Å²) in [5, 5.41) is 12.3. The second-order valence-electron chi connectivity index (χ2n) is 2.83. The van der Waals surface area contributed by atoms with Crippen LogP contribution in [-0.2, 0) is 4.79 Å². The summed E-state index contributed by atoms with van der Waals surface area (Å²) in [5.41, 5.74) is -0.232. The van der Waals surface area contributed by atoms with Gasteiger partial charge >= 0.3 is 12.0 Å². The molecular weight excluding hydrogens is 222 g/mol. The summed E-state index contributed by atoms with van der Waals surface area (Å²) < 4.78 is 25.5. The van der Waals surface area contributed by atoms with E-state index in [-0.39, 0.29) is 5.69 Å². The lowest BCUT2D eigenvalue weighted by Gasteiger charge is -2.06. The van der Waals surface area contributed by atoms with Crippen molar-refractivity contribution in [3.8, 4) is 0 Å². The van der Waals surface area contributed by atoms with E-state index in [4.69, 9.17) is 5.11 Å². The van der Waals surface area contributed by atoms with Crippen molar-refractivity contribution in [3.05, 3.63) is 29.8 Å². The van der Waals surface area contributed by atoms with Crippen LogP contribution in [0.1, 0.15) is 0 Å². The molecule has 0 bridgehead atoms. The number of rotatable bonds is 3. The Hall–Kier alpha value is -2.18. The van der Waals surface area contributed by atoms with Gasteiger partial charge in [0.25, 0.3) is 0 Å². The minimum absolute atomic E-state index is 0.232. The van der Waals surface area contributed by atoms with Gasteiger partial charge in [-0.05, 0) is 12.1 Å². The van der Waals surface area contributed by atoms with Crippen LogP contribution in [0.4, 0.5) is 19.3 Å². The summed E-state index contributed by atoms with van der Waals surface area (Å²) in [6.45, 7) is -0.589. The molecule has 0 heterocycles. The van der Waals surface area contributed by atoms with Gasteiger partial charge in [0.1, 0.15) is 18.2 Å². The van der Waals surface area contributed by atoms with Crippen LogP contribution in [0.5, 0.6) is 0 Å². The van der Waals surface area contributed by atoms with Gasteiger partial charge in [0.2, 0.25) is 0 Å². The Balaban J connectivity index is 2.59. The number of benzene rings is 1. The fourth-order valence-corrected chi connectivity index (χ4v) is 0.913. The van der Waals surface area contributed by atoms with E-state index >= 15 is 0 Å². The lowest BCUT2D eigenvalue weighted by Crippen LogP contribution is -2.33. The van der Waals surface area contributed by atoms with Crippen LogP contribution in [0.25, 0.3) is 0 Å². The Bertz CT molecular complexity index is 423. The third kappa shape index (κ3) is 3.52. The van der Waals surface area contributed by atoms with Crippen molar-refractivity contribution in [3.63, 3.8) is 0 Å². The van der Waals surface area contributed by atoms with Crippen LogP contribution in [0.15, 0.2) is 18.2 Å². The minimum atomic E-state index is -1.23. The van der Waals surface area contributed by atoms with Gasteiger partial charge in [0.15, 0.2) is 0 Å². The third-order valence-electron chi connectivity index (χ3n) is 1.58. The number of hydrogen-bond acceptors (Lipinski definition) is 2. The number of hydrogen-bond donors (Lipinski definition) is 3. The number of aliphatic carboxylic acids is 1. The monoisotopic (exact) mass is 230 g/mol. The highest BCUT2D eigenvalue weighted by atomic mass is 19.1. The number of carbonyl (C=O) groups is 2. The number of urea groups is 1. The average Bonchev–Trinajstić information content (AvgIpc) is 2.19. The second-order valence-corrected chi connectivity index (χ2v) is 2.83. The highest BCUT2D eigenvalue weighted by molar-refractivity contribution is 5.91. The zero-order valence-electron chi connectivity index (χ0n) is 7.96. The average molecular weight is 230 g/mol. The van der Waals surface area contributed by atoms with E-state index < -0.39 is 30.2 Å². The molecule has 1 aromatic rings. The normalized spacial score (nSPS) is 9.62. The Kier molecular flexibility index (Phi) is 3.76. The van der Waals surface area contributed by atoms with Crippen LogP contribution in [0.3, 0.4) is 0 Å². The van der Waals surface area contributed by atoms with Crippen molar-refractivity contribution < 1.29 is 23.5 Å². The quantitative estimate of drug-likeness (QED) is 0.729. The van der Waals surface area contributed by atoms with Gasteiger partial charge in [0, 0.05) is 6.07 Å². The van der Waals surface area contributed by atoms with Crippen molar-refractivity contribution in [2.45, 2.75) is 0 Å². The van der Waals surface area contributed by atoms with Crippen LogP contribution >= 0.6 is 0 Å². The molecule has 0 aliphatic rings. The number of carboxylic acids is 1. The van der Waals surface area contributed by atoms with E-state index in [9.17, 15) is 18.4 Å². The summed E-state index contributed by atoms with van der Waals surface area (Å²) in [7, 11) is 0. The molecule has 0 saturated heterocycles. The van der Waals surface area contributed by atoms with E-state index in [2.05, 4.69) is 0 Å². The van der Waals surface area contributed by atoms with Crippen LogP contribution in [0.2, 0.25) is 0 Å². The van der Waals surface area contributed by atoms with Gasteiger partial charge < -0.3 is 15.7 Å². The lowest BCUT2D eigenvalue weighted by molar-refractivity contribution is -0.135. The molecule has 0 atom stereocenters. The van der Waals surface area contributed by atoms with Crippen LogP contribution in [-0.4, -0.2) is 23.7 Å². The molecular formula is C9H8F2N2O3. The zero-order chi connectivity index (χ0) is 12.1. The maximum atomic E-state index is 13.0. The molecule has 0 spiro atoms. The molecule has 2 amide bonds. The van der Waals surface area contributed by atoms with Gasteiger partial charge in [-0.25, -0.2) is 13.6 Å². The number of anilines is 1. The summed E-state index contributed by atoms with van der Waals surface area (Å²) in [6.07, 6.45) is 0. The first-order valence-electron chi connectivity index (χ1n) is 4.20. The molecule has 3 N–H and O–H groups in total. The first-order chi connectivity index (χ1) is 7.49. The molecule has 5 nitrogen and oxygen atoms in total. The Morgan fingerprint density at radius 3 is 2.56 bits per heavy atom. The molecule has 0 aliphatic carbocycles. The second kappa shape index (κ2) is 5.06. The fraction of sp³-hybridized carbons (Fsp3) is 0.111. The zero-order valence-corrected chi connectivity index (χ0v) is 7.96. The SMILES string of the molecule is O=C(O)CNC(=O)Nc1ccc(F)cc1F. The van der Waals surface area contributed by atoms with Crippen molar-refractivity contribution in [1.82, 2.24) is 5.32 Å². The summed E-state index contributed by atoms with van der Waals surface area (Å²) in [5.74, 6) is -2.94. The molecule has 1 rings (SSSR count). The standard InChI is InChI=1S/C9H8F2N2O3/c10-5-1-2-7(6(11)3-5)13-9(16)12-4-8(14)15/h1-3H,4H2,(H,14,15)(H2,12,13,16). The van der Waals surface area contributed by atoms with Gasteiger partial charge in [-0.3, -0.25) is 4.79 Å². The van der Waals surface area contributed by atoms with E-state index in [1.807, 2.05) is 10.6 Å². The maximum Gasteiger partial charge on any atom is 0.323 e. The first-order valence-corrected chi connectivity index (χ1v) is 4.20. The first kappa shape index (κ1) is 11.9. The van der Waals surface area contributed by atoms with Crippen molar-refractivity contribution in [2.24, 2.45) is 0 Å². The Morgan fingerprint density at radius 1 is 1.31 bits per heavy atom. The highest BCUT2D eigenvalue weighted by Crippen LogP contribution is 2.14. The van der Waals surface area contributed by atoms with E-state index in [0.29, 0.717) is 6.07 Å². The predicted molar refractivity (Wildman–Crippen MR) is 51.0 cm³/mol. The van der Waals surface area contributed by atoms with E-state index in [1.54, 1.807) is 0 Å². The molecule has 1 aromatic carbocycles. The Labute approximate surface area is 89.1 Å². The minimum Gasteiger partial charge on any atom is -0.480 e. The van der Waals surface area contributed by atoms with Gasteiger partial charge in [-0.2, -0.15) is 0 Å². The maximum absolute atomic E-state index is 13.0. The molecule has 0 radical (unpaired) electrons. The fourth-order valence-electron chi connectivity index (χ4n) is 0.913. The molecule has 7 heteroatoms. The molecule has 0 aliphatic heterocycles. The van der Waals surface area contributed by atoms with Crippen LogP contribution < -0.4 is 10.6 Å². The number of carboxylic acid groups (broad SMARTS) is 1. The van der Waals surface area contributed by atoms with E-state index in [1.165, 1.54) is 0 Å². The molecule has 0 unspecified atom stereocenters. The van der Waals surface area contributed by atoms with Crippen molar-refractivity contribution in [1.29, 1.82) is 0 Å². The number of carbonyl (C=O) groups excluding carboxylic acids is 1.